The van der Waals surface area contributed by atoms with Crippen molar-refractivity contribution in [3.8, 4) is 0 Å². The lowest BCUT2D eigenvalue weighted by molar-refractivity contribution is 0.807. The van der Waals surface area contributed by atoms with Gasteiger partial charge in [-0.25, -0.2) is 0 Å². The molecule has 0 unspecified atom stereocenters. The van der Waals surface area contributed by atoms with Crippen LogP contribution in [0, 0.1) is 0 Å². The average molecular weight is 246 g/mol. The van der Waals surface area contributed by atoms with E-state index in [4.69, 9.17) is 5.73 Å². The molecule has 0 heterocycles. The Morgan fingerprint density at radius 3 is 2.41 bits per heavy atom. The van der Waals surface area contributed by atoms with Gasteiger partial charge < -0.3 is 5.73 Å². The van der Waals surface area contributed by atoms with Gasteiger partial charge in [0.2, 0.25) is 0 Å². The molecule has 1 aromatic rings. The molecule has 0 spiro atoms. The number of fused-ring (bicyclic) bond motifs is 1. The second-order valence-corrected chi connectivity index (χ2v) is 7.33. The highest BCUT2D eigenvalue weighted by Crippen LogP contribution is 2.25. The van der Waals surface area contributed by atoms with E-state index in [9.17, 15) is 0 Å². The van der Waals surface area contributed by atoms with E-state index < -0.39 is 0 Å². The third-order valence-electron chi connectivity index (χ3n) is 2.97. The van der Waals surface area contributed by atoms with Gasteiger partial charge in [0, 0.05) is 0 Å². The standard InChI is InChI=1S/C11H13Si.C4H11N/c1-12(2)11-7-9-5-3-4-6-10(9)8-11;1-2-3-4-5/h3-7H,8H2,1-2H3;2-5H2,1H3. The summed E-state index contributed by atoms with van der Waals surface area (Å²) in [6.45, 7) is 7.70. The zero-order chi connectivity index (χ0) is 12.7. The van der Waals surface area contributed by atoms with Crippen molar-refractivity contribution >= 4 is 14.9 Å². The number of unbranched alkanes of at least 4 members (excludes halogenated alkanes) is 1. The third kappa shape index (κ3) is 4.48. The molecule has 1 aromatic carbocycles. The normalized spacial score (nSPS) is 12.9. The van der Waals surface area contributed by atoms with Crippen LogP contribution in [0.1, 0.15) is 30.9 Å². The van der Waals surface area contributed by atoms with Crippen LogP contribution < -0.4 is 5.73 Å². The van der Waals surface area contributed by atoms with Gasteiger partial charge in [0.05, 0.1) is 8.80 Å². The van der Waals surface area contributed by atoms with Crippen molar-refractivity contribution in [2.24, 2.45) is 5.73 Å². The Labute approximate surface area is 107 Å². The summed E-state index contributed by atoms with van der Waals surface area (Å²) in [6.07, 6.45) is 5.97. The van der Waals surface area contributed by atoms with Gasteiger partial charge in [-0.2, -0.15) is 0 Å². The molecule has 2 heteroatoms. The van der Waals surface area contributed by atoms with Crippen LogP contribution in [-0.2, 0) is 6.42 Å². The van der Waals surface area contributed by atoms with E-state index in [1.54, 1.807) is 5.20 Å². The van der Waals surface area contributed by atoms with E-state index in [0.717, 1.165) is 6.54 Å². The second-order valence-electron chi connectivity index (χ2n) is 4.69. The lowest BCUT2D eigenvalue weighted by atomic mass is 10.1. The molecule has 0 amide bonds. The van der Waals surface area contributed by atoms with E-state index in [0.29, 0.717) is 0 Å². The molecule has 2 rings (SSSR count). The SMILES string of the molecule is CCCCN.C[Si](C)C1=Cc2ccccc2C1. The van der Waals surface area contributed by atoms with Crippen molar-refractivity contribution < 1.29 is 0 Å². The van der Waals surface area contributed by atoms with E-state index in [2.05, 4.69) is 50.4 Å². The van der Waals surface area contributed by atoms with Crippen LogP contribution in [-0.4, -0.2) is 15.3 Å². The molecular weight excluding hydrogens is 222 g/mol. The first-order valence-corrected chi connectivity index (χ1v) is 8.98. The zero-order valence-corrected chi connectivity index (χ0v) is 12.3. The Morgan fingerprint density at radius 1 is 1.24 bits per heavy atom. The molecule has 93 valence electrons. The summed E-state index contributed by atoms with van der Waals surface area (Å²) in [5.74, 6) is 0. The number of hydrogen-bond acceptors (Lipinski definition) is 1. The van der Waals surface area contributed by atoms with Crippen molar-refractivity contribution in [1.29, 1.82) is 0 Å². The first kappa shape index (κ1) is 14.2. The van der Waals surface area contributed by atoms with Crippen LogP contribution in [0.15, 0.2) is 29.5 Å². The van der Waals surface area contributed by atoms with Crippen LogP contribution in [0.2, 0.25) is 13.1 Å². The summed E-state index contributed by atoms with van der Waals surface area (Å²) in [4.78, 5) is 0. The quantitative estimate of drug-likeness (QED) is 0.809. The van der Waals surface area contributed by atoms with Crippen LogP contribution >= 0.6 is 0 Å². The molecule has 0 bridgehead atoms. The molecule has 0 atom stereocenters. The molecule has 0 aromatic heterocycles. The van der Waals surface area contributed by atoms with E-state index in [1.807, 2.05) is 0 Å². The molecule has 0 saturated carbocycles. The summed E-state index contributed by atoms with van der Waals surface area (Å²) in [6, 6.07) is 8.71. The molecular formula is C15H24NSi. The Hall–Kier alpha value is -0.863. The van der Waals surface area contributed by atoms with Crippen molar-refractivity contribution in [2.75, 3.05) is 6.54 Å². The first-order valence-electron chi connectivity index (χ1n) is 6.48. The first-order chi connectivity index (χ1) is 8.19. The molecule has 1 radical (unpaired) electrons. The fourth-order valence-corrected chi connectivity index (χ4v) is 2.79. The largest absolute Gasteiger partial charge is 0.330 e. The highest BCUT2D eigenvalue weighted by molar-refractivity contribution is 6.65. The Kier molecular flexibility index (Phi) is 6.23. The summed E-state index contributed by atoms with van der Waals surface area (Å²) in [5, 5.41) is 1.67. The molecule has 1 aliphatic carbocycles. The number of benzene rings is 1. The number of allylic oxidation sites excluding steroid dienone is 1. The molecule has 0 saturated heterocycles. The topological polar surface area (TPSA) is 26.0 Å². The van der Waals surface area contributed by atoms with Gasteiger partial charge in [-0.05, 0) is 30.5 Å². The zero-order valence-electron chi connectivity index (χ0n) is 11.3. The van der Waals surface area contributed by atoms with Gasteiger partial charge in [-0.3, -0.25) is 0 Å². The Bertz CT molecular complexity index is 367. The van der Waals surface area contributed by atoms with Crippen molar-refractivity contribution in [3.05, 3.63) is 40.6 Å². The van der Waals surface area contributed by atoms with Gasteiger partial charge in [0.15, 0.2) is 0 Å². The predicted octanol–water partition coefficient (Wildman–Crippen LogP) is 3.66. The lowest BCUT2D eigenvalue weighted by Crippen LogP contribution is -2.04. The number of rotatable bonds is 3. The van der Waals surface area contributed by atoms with Crippen LogP contribution in [0.3, 0.4) is 0 Å². The molecule has 17 heavy (non-hydrogen) atoms. The fraction of sp³-hybridized carbons (Fsp3) is 0.467. The van der Waals surface area contributed by atoms with Crippen LogP contribution in [0.25, 0.3) is 6.08 Å². The minimum absolute atomic E-state index is 0.218. The molecule has 1 aliphatic rings. The van der Waals surface area contributed by atoms with Crippen molar-refractivity contribution in [1.82, 2.24) is 0 Å². The molecule has 0 fully saturated rings. The van der Waals surface area contributed by atoms with E-state index in [-0.39, 0.29) is 8.80 Å². The van der Waals surface area contributed by atoms with Crippen molar-refractivity contribution in [3.63, 3.8) is 0 Å². The summed E-state index contributed by atoms with van der Waals surface area (Å²) < 4.78 is 0. The minimum Gasteiger partial charge on any atom is -0.330 e. The molecule has 0 aliphatic heterocycles. The average Bonchev–Trinajstić information content (AvgIpc) is 2.74. The summed E-state index contributed by atoms with van der Waals surface area (Å²) in [7, 11) is -0.218. The lowest BCUT2D eigenvalue weighted by Gasteiger charge is -2.02. The highest BCUT2D eigenvalue weighted by atomic mass is 28.3. The monoisotopic (exact) mass is 246 g/mol. The number of nitrogens with two attached hydrogens (primary N) is 1. The smallest absolute Gasteiger partial charge is 0.0741 e. The van der Waals surface area contributed by atoms with Crippen molar-refractivity contribution in [2.45, 2.75) is 39.3 Å². The minimum atomic E-state index is -0.218. The number of hydrogen-bond donors (Lipinski definition) is 1. The van der Waals surface area contributed by atoms with Gasteiger partial charge in [0.25, 0.3) is 0 Å². The van der Waals surface area contributed by atoms with E-state index >= 15 is 0 Å². The van der Waals surface area contributed by atoms with E-state index in [1.165, 1.54) is 30.4 Å². The Morgan fingerprint density at radius 2 is 1.94 bits per heavy atom. The third-order valence-corrected chi connectivity index (χ3v) is 4.57. The van der Waals surface area contributed by atoms with Gasteiger partial charge >= 0.3 is 0 Å². The maximum atomic E-state index is 5.14. The van der Waals surface area contributed by atoms with Crippen LogP contribution in [0.4, 0.5) is 0 Å². The summed E-state index contributed by atoms with van der Waals surface area (Å²) in [5.41, 5.74) is 8.09. The van der Waals surface area contributed by atoms with Gasteiger partial charge in [-0.15, -0.1) is 0 Å². The molecule has 2 N–H and O–H groups in total. The Balaban J connectivity index is 0.000000249. The maximum absolute atomic E-state index is 5.14. The highest BCUT2D eigenvalue weighted by Gasteiger charge is 2.14. The molecule has 1 nitrogen and oxygen atoms in total. The fourth-order valence-electron chi connectivity index (χ4n) is 1.81. The maximum Gasteiger partial charge on any atom is 0.0741 e. The summed E-state index contributed by atoms with van der Waals surface area (Å²) >= 11 is 0. The second kappa shape index (κ2) is 7.46. The van der Waals surface area contributed by atoms with Gasteiger partial charge in [-0.1, -0.05) is 62.0 Å². The van der Waals surface area contributed by atoms with Crippen LogP contribution in [0.5, 0.6) is 0 Å². The van der Waals surface area contributed by atoms with Gasteiger partial charge in [0.1, 0.15) is 0 Å². The predicted molar refractivity (Wildman–Crippen MR) is 79.6 cm³/mol.